The Balaban J connectivity index is 0.000000113. The molecular weight excluding hydrogens is 1750 g/mol. The van der Waals surface area contributed by atoms with Crippen LogP contribution in [0.2, 0.25) is 0 Å². The second-order valence-corrected chi connectivity index (χ2v) is 36.4. The summed E-state index contributed by atoms with van der Waals surface area (Å²) in [6.07, 6.45) is 0. The topological polar surface area (TPSA) is 49.1 Å². The smallest absolute Gasteiger partial charge is 0.143 e. The van der Waals surface area contributed by atoms with Crippen molar-refractivity contribution < 1.29 is 13.3 Å². The Hall–Kier alpha value is -19.1. The van der Waals surface area contributed by atoms with Crippen LogP contribution in [0.5, 0.6) is 0 Å². The minimum Gasteiger partial charge on any atom is -0.455 e. The Morgan fingerprint density at radius 3 is 0.694 bits per heavy atom. The third kappa shape index (κ3) is 16.8. The molecule has 0 amide bonds. The molecule has 678 valence electrons. The van der Waals surface area contributed by atoms with Crippen LogP contribution < -0.4 is 14.7 Å². The van der Waals surface area contributed by atoms with Gasteiger partial charge in [-0.05, 0) is 220 Å². The maximum atomic E-state index is 6.39. The lowest BCUT2D eigenvalue weighted by molar-refractivity contribution is 0.669. The van der Waals surface area contributed by atoms with Crippen LogP contribution in [-0.4, -0.2) is 0 Å². The highest BCUT2D eigenvalue weighted by molar-refractivity contribution is 6.14. The number of furan rings is 3. The molecule has 27 rings (SSSR count). The molecular formula is C138H93N3O3. The Kier molecular flexibility index (Phi) is 23.0. The van der Waals surface area contributed by atoms with E-state index in [1.165, 1.54) is 99.1 Å². The van der Waals surface area contributed by atoms with Crippen LogP contribution in [0.15, 0.2) is 577 Å². The van der Waals surface area contributed by atoms with Crippen molar-refractivity contribution in [1.29, 1.82) is 0 Å². The number of hydrogen-bond acceptors (Lipinski definition) is 6. The second-order valence-electron chi connectivity index (χ2n) is 36.4. The van der Waals surface area contributed by atoms with Crippen molar-refractivity contribution in [3.05, 3.63) is 564 Å². The molecule has 0 radical (unpaired) electrons. The molecule has 0 fully saturated rings. The lowest BCUT2D eigenvalue weighted by atomic mass is 9.96. The van der Waals surface area contributed by atoms with Gasteiger partial charge in [-0.1, -0.05) is 449 Å². The van der Waals surface area contributed by atoms with E-state index in [1.54, 1.807) is 0 Å². The van der Waals surface area contributed by atoms with Crippen LogP contribution in [0.4, 0.5) is 51.2 Å². The SMILES string of the molecule is c1ccc(-c2ccc(-c3ccc(N(c4ccc(-c5cccc6c5oc5ccccc56)cc4)c4cccc5ccccc45)cc3)cc2)cc1.c1ccc(-c2ccc(N(c3ccc(-c4cccc5c4oc4ccccc45)cc3)c3ccc(-c4ccccc4)c4ccccc34)cc2)cc1.c1ccc(-c2ccc(N(c3ccc(-c4cccc5ccccc45)cc3)c3ccc(-c4cccc5c4oc4ccccc45)cc3)cc2)cc1. The first-order chi connectivity index (χ1) is 71.4. The third-order valence-electron chi connectivity index (χ3n) is 27.9. The minimum atomic E-state index is 0.910. The molecule has 0 aliphatic carbocycles. The zero-order chi connectivity index (χ0) is 95.6. The molecule has 27 aromatic rings. The second kappa shape index (κ2) is 38.3. The summed E-state index contributed by atoms with van der Waals surface area (Å²) in [7, 11) is 0. The molecule has 0 N–H and O–H groups in total. The standard InChI is InChI=1S/3C46H31NO/c1-3-12-32(13-4-1)33-22-26-36(27-23-33)47(44-31-30-38(34-14-5-2-6-15-34)40-16-7-8-17-41(40)44)37-28-24-35(25-29-37)39-19-11-20-43-42-18-9-10-21-45(42)48-46(39)43;1-2-10-32(11-3-1)33-20-22-34(23-21-33)35-24-28-38(29-25-35)47(44-18-8-13-36-12-4-5-14-40(36)44)39-30-26-37(27-31-39)41-16-9-17-43-42-15-6-7-19-45(42)48-46(41)43;1-2-10-32(11-3-1)33-20-26-37(27-21-33)47(38-28-22-35(23-29-38)41-16-8-13-34-12-4-5-14-40(34)41)39-30-24-36(25-31-39)42-17-9-18-44-43-15-6-7-19-45(43)48-46(42)44/h3*1-31H. The first-order valence-electron chi connectivity index (χ1n) is 49.0. The highest BCUT2D eigenvalue weighted by atomic mass is 16.3. The zero-order valence-electron chi connectivity index (χ0n) is 78.8. The summed E-state index contributed by atoms with van der Waals surface area (Å²) in [5.41, 5.74) is 36.5. The van der Waals surface area contributed by atoms with Gasteiger partial charge in [0.15, 0.2) is 0 Å². The first-order valence-corrected chi connectivity index (χ1v) is 49.0. The van der Waals surface area contributed by atoms with Gasteiger partial charge in [0.2, 0.25) is 0 Å². The quantitative estimate of drug-likeness (QED) is 0.0853. The van der Waals surface area contributed by atoms with Gasteiger partial charge in [-0.15, -0.1) is 0 Å². The van der Waals surface area contributed by atoms with Gasteiger partial charge in [0.05, 0.1) is 11.4 Å². The molecule has 0 atom stereocenters. The minimum absolute atomic E-state index is 0.910. The Morgan fingerprint density at radius 2 is 0.326 bits per heavy atom. The highest BCUT2D eigenvalue weighted by Gasteiger charge is 2.24. The number of para-hydroxylation sites is 6. The van der Waals surface area contributed by atoms with Crippen molar-refractivity contribution in [2.45, 2.75) is 0 Å². The lowest BCUT2D eigenvalue weighted by Crippen LogP contribution is -2.10. The zero-order valence-corrected chi connectivity index (χ0v) is 78.8. The highest BCUT2D eigenvalue weighted by Crippen LogP contribution is 2.49. The molecule has 3 aromatic heterocycles. The Morgan fingerprint density at radius 1 is 0.111 bits per heavy atom. The normalized spacial score (nSPS) is 11.3. The van der Waals surface area contributed by atoms with Crippen LogP contribution in [0.1, 0.15) is 0 Å². The summed E-state index contributed by atoms with van der Waals surface area (Å²) in [6, 6.07) is 201. The van der Waals surface area contributed by atoms with Crippen LogP contribution in [-0.2, 0) is 0 Å². The van der Waals surface area contributed by atoms with E-state index in [0.29, 0.717) is 0 Å². The number of fused-ring (bicyclic) bond motifs is 12. The summed E-state index contributed by atoms with van der Waals surface area (Å²) >= 11 is 0. The predicted molar refractivity (Wildman–Crippen MR) is 607 cm³/mol. The average Bonchev–Trinajstić information content (AvgIpc) is 1.25. The summed E-state index contributed by atoms with van der Waals surface area (Å²) in [5.74, 6) is 0. The third-order valence-corrected chi connectivity index (χ3v) is 27.9. The fourth-order valence-corrected chi connectivity index (χ4v) is 20.8. The molecule has 0 aliphatic rings. The van der Waals surface area contributed by atoms with Crippen LogP contribution in [0, 0.1) is 0 Å². The van der Waals surface area contributed by atoms with Gasteiger partial charge in [0.1, 0.15) is 33.5 Å². The molecule has 0 saturated heterocycles. The predicted octanol–water partition coefficient (Wildman–Crippen LogP) is 39.6. The van der Waals surface area contributed by atoms with Crippen LogP contribution in [0.25, 0.3) is 198 Å². The largest absolute Gasteiger partial charge is 0.455 e. The van der Waals surface area contributed by atoms with E-state index in [-0.39, 0.29) is 0 Å². The van der Waals surface area contributed by atoms with E-state index < -0.39 is 0 Å². The fraction of sp³-hybridized carbons (Fsp3) is 0. The van der Waals surface area contributed by atoms with E-state index in [9.17, 15) is 0 Å². The van der Waals surface area contributed by atoms with Gasteiger partial charge in [0.25, 0.3) is 0 Å². The number of hydrogen-bond donors (Lipinski definition) is 0. The average molecular weight is 1840 g/mol. The van der Waals surface area contributed by atoms with Gasteiger partial charge in [-0.2, -0.15) is 0 Å². The van der Waals surface area contributed by atoms with E-state index in [4.69, 9.17) is 13.3 Å². The van der Waals surface area contributed by atoms with Gasteiger partial charge in [-0.3, -0.25) is 0 Å². The molecule has 0 spiro atoms. The number of benzene rings is 24. The van der Waals surface area contributed by atoms with Crippen molar-refractivity contribution in [2.24, 2.45) is 0 Å². The number of anilines is 9. The molecule has 144 heavy (non-hydrogen) atoms. The fourth-order valence-electron chi connectivity index (χ4n) is 20.8. The summed E-state index contributed by atoms with van der Waals surface area (Å²) in [5, 5.41) is 14.2. The Bertz CT molecular complexity index is 9300. The van der Waals surface area contributed by atoms with Gasteiger partial charge in [-0.25, -0.2) is 0 Å². The molecule has 24 aromatic carbocycles. The number of nitrogens with zero attached hydrogens (tertiary/aromatic N) is 3. The number of rotatable bonds is 18. The molecule has 0 saturated carbocycles. The molecule has 6 heteroatoms. The van der Waals surface area contributed by atoms with Gasteiger partial charge < -0.3 is 28.0 Å². The first kappa shape index (κ1) is 86.4. The molecule has 0 bridgehead atoms. The lowest BCUT2D eigenvalue weighted by Gasteiger charge is -2.28. The maximum absolute atomic E-state index is 6.39. The summed E-state index contributed by atoms with van der Waals surface area (Å²) in [6.45, 7) is 0. The van der Waals surface area contributed by atoms with Crippen molar-refractivity contribution in [2.75, 3.05) is 14.7 Å². The molecule has 6 nitrogen and oxygen atoms in total. The van der Waals surface area contributed by atoms with Crippen molar-refractivity contribution in [1.82, 2.24) is 0 Å². The summed E-state index contributed by atoms with van der Waals surface area (Å²) < 4.78 is 19.1. The Labute approximate surface area is 835 Å². The van der Waals surface area contributed by atoms with Crippen molar-refractivity contribution in [3.8, 4) is 100 Å². The van der Waals surface area contributed by atoms with Crippen LogP contribution >= 0.6 is 0 Å². The van der Waals surface area contributed by atoms with E-state index in [2.05, 4.69) is 542 Å². The molecule has 3 heterocycles. The monoisotopic (exact) mass is 1840 g/mol. The van der Waals surface area contributed by atoms with Gasteiger partial charge >= 0.3 is 0 Å². The van der Waals surface area contributed by atoms with Gasteiger partial charge in [0, 0.05) is 99.6 Å². The molecule has 0 aliphatic heterocycles. The maximum Gasteiger partial charge on any atom is 0.143 e. The van der Waals surface area contributed by atoms with Crippen LogP contribution in [0.3, 0.4) is 0 Å². The van der Waals surface area contributed by atoms with E-state index in [1.807, 2.05) is 36.4 Å². The van der Waals surface area contributed by atoms with E-state index >= 15 is 0 Å². The van der Waals surface area contributed by atoms with Crippen molar-refractivity contribution >= 4 is 149 Å². The molecule has 0 unspecified atom stereocenters. The van der Waals surface area contributed by atoms with E-state index in [0.717, 1.165) is 150 Å². The summed E-state index contributed by atoms with van der Waals surface area (Å²) in [4.78, 5) is 7.06. The van der Waals surface area contributed by atoms with Crippen molar-refractivity contribution in [3.63, 3.8) is 0 Å².